The average Bonchev–Trinajstić information content (AvgIpc) is 2.78. The molecule has 0 unspecified atom stereocenters. The molecule has 104 valence electrons. The van der Waals surface area contributed by atoms with E-state index in [1.54, 1.807) is 17.5 Å². The molecule has 1 aromatic heterocycles. The van der Waals surface area contributed by atoms with E-state index < -0.39 is 5.97 Å². The Balaban J connectivity index is 1.92. The third kappa shape index (κ3) is 4.06. The zero-order chi connectivity index (χ0) is 14.5. The fourth-order valence-corrected chi connectivity index (χ4v) is 2.35. The Bertz CT molecular complexity index is 622. The van der Waals surface area contributed by atoms with Crippen LogP contribution in [0.4, 0.5) is 5.69 Å². The minimum Gasteiger partial charge on any atom is -0.508 e. The van der Waals surface area contributed by atoms with Crippen LogP contribution in [0.2, 0.25) is 0 Å². The maximum absolute atomic E-state index is 11.8. The highest BCUT2D eigenvalue weighted by Gasteiger charge is 2.10. The Morgan fingerprint density at radius 3 is 2.55 bits per heavy atom. The molecule has 2 aromatic rings. The molecule has 0 saturated carbocycles. The molecule has 0 bridgehead atoms. The summed E-state index contributed by atoms with van der Waals surface area (Å²) in [6.45, 7) is 0. The van der Waals surface area contributed by atoms with Gasteiger partial charge in [-0.05, 0) is 24.3 Å². The van der Waals surface area contributed by atoms with E-state index in [0.717, 1.165) is 0 Å². The van der Waals surface area contributed by atoms with Gasteiger partial charge in [-0.3, -0.25) is 9.59 Å². The van der Waals surface area contributed by atoms with Gasteiger partial charge >= 0.3 is 5.97 Å². The minimum absolute atomic E-state index is 0.0885. The van der Waals surface area contributed by atoms with Crippen LogP contribution in [0.25, 0.3) is 0 Å². The van der Waals surface area contributed by atoms with E-state index in [9.17, 15) is 9.59 Å². The number of thiazole rings is 1. The molecule has 1 aromatic carbocycles. The van der Waals surface area contributed by atoms with Gasteiger partial charge in [0, 0.05) is 11.1 Å². The van der Waals surface area contributed by atoms with Crippen LogP contribution in [0.1, 0.15) is 10.7 Å². The summed E-state index contributed by atoms with van der Waals surface area (Å²) in [4.78, 5) is 26.4. The number of carbonyl (C=O) groups excluding carboxylic acids is 1. The SMILES string of the molecule is O=C(O)Cc1csc(CC(=O)Nc2ccc(O)cc2)n1. The van der Waals surface area contributed by atoms with Crippen molar-refractivity contribution >= 4 is 28.9 Å². The summed E-state index contributed by atoms with van der Waals surface area (Å²) in [6.07, 6.45) is -0.0543. The molecule has 0 spiro atoms. The van der Waals surface area contributed by atoms with Crippen molar-refractivity contribution in [1.29, 1.82) is 0 Å². The number of hydrogen-bond donors (Lipinski definition) is 3. The number of nitrogens with one attached hydrogen (secondary N) is 1. The molecule has 0 aliphatic rings. The van der Waals surface area contributed by atoms with E-state index >= 15 is 0 Å². The lowest BCUT2D eigenvalue weighted by Crippen LogP contribution is -2.14. The van der Waals surface area contributed by atoms with Crippen molar-refractivity contribution in [2.75, 3.05) is 5.32 Å². The number of rotatable bonds is 5. The normalized spacial score (nSPS) is 10.2. The Morgan fingerprint density at radius 2 is 1.90 bits per heavy atom. The number of benzene rings is 1. The second-order valence-electron chi connectivity index (χ2n) is 4.07. The van der Waals surface area contributed by atoms with Crippen molar-refractivity contribution < 1.29 is 19.8 Å². The number of aromatic hydroxyl groups is 1. The number of anilines is 1. The standard InChI is InChI=1S/C13H12N2O4S/c16-10-3-1-8(2-4-10)14-11(17)6-12-15-9(7-20-12)5-13(18)19/h1-4,7,16H,5-6H2,(H,14,17)(H,18,19). The number of carbonyl (C=O) groups is 2. The molecule has 3 N–H and O–H groups in total. The molecular formula is C13H12N2O4S. The van der Waals surface area contributed by atoms with Crippen LogP contribution >= 0.6 is 11.3 Å². The van der Waals surface area contributed by atoms with E-state index in [1.165, 1.54) is 23.5 Å². The fraction of sp³-hybridized carbons (Fsp3) is 0.154. The molecule has 0 saturated heterocycles. The molecule has 2 rings (SSSR count). The van der Waals surface area contributed by atoms with Gasteiger partial charge in [-0.1, -0.05) is 0 Å². The van der Waals surface area contributed by atoms with E-state index in [2.05, 4.69) is 10.3 Å². The number of aliphatic carboxylic acids is 1. The second-order valence-corrected chi connectivity index (χ2v) is 5.02. The maximum atomic E-state index is 11.8. The van der Waals surface area contributed by atoms with Crippen molar-refractivity contribution in [3.8, 4) is 5.75 Å². The number of hydrogen-bond acceptors (Lipinski definition) is 5. The number of phenols is 1. The molecule has 7 heteroatoms. The third-order valence-corrected chi connectivity index (χ3v) is 3.29. The fourth-order valence-electron chi connectivity index (χ4n) is 1.55. The van der Waals surface area contributed by atoms with Gasteiger partial charge in [-0.15, -0.1) is 11.3 Å². The van der Waals surface area contributed by atoms with Crippen LogP contribution in [0.15, 0.2) is 29.6 Å². The number of aromatic nitrogens is 1. The van der Waals surface area contributed by atoms with Crippen LogP contribution in [0.5, 0.6) is 5.75 Å². The van der Waals surface area contributed by atoms with Gasteiger partial charge < -0.3 is 15.5 Å². The van der Waals surface area contributed by atoms with E-state index in [4.69, 9.17) is 10.2 Å². The first-order chi connectivity index (χ1) is 9.52. The third-order valence-electron chi connectivity index (χ3n) is 2.39. The molecule has 0 radical (unpaired) electrons. The first kappa shape index (κ1) is 14.0. The van der Waals surface area contributed by atoms with Crippen LogP contribution < -0.4 is 5.32 Å². The molecule has 0 fully saturated rings. The quantitative estimate of drug-likeness (QED) is 0.728. The molecule has 1 heterocycles. The summed E-state index contributed by atoms with van der Waals surface area (Å²) in [6, 6.07) is 6.13. The lowest BCUT2D eigenvalue weighted by molar-refractivity contribution is -0.136. The van der Waals surface area contributed by atoms with Gasteiger partial charge in [0.1, 0.15) is 10.8 Å². The van der Waals surface area contributed by atoms with Crippen molar-refractivity contribution in [3.63, 3.8) is 0 Å². The molecule has 0 atom stereocenters. The topological polar surface area (TPSA) is 99.5 Å². The summed E-state index contributed by atoms with van der Waals surface area (Å²) in [5.74, 6) is -1.07. The van der Waals surface area contributed by atoms with Gasteiger partial charge in [-0.25, -0.2) is 4.98 Å². The summed E-state index contributed by atoms with van der Waals surface area (Å²) in [7, 11) is 0. The number of carboxylic acid groups (broad SMARTS) is 1. The second kappa shape index (κ2) is 6.16. The van der Waals surface area contributed by atoms with E-state index in [1.807, 2.05) is 0 Å². The molecule has 1 amide bonds. The maximum Gasteiger partial charge on any atom is 0.309 e. The number of amides is 1. The van der Waals surface area contributed by atoms with Gasteiger partial charge in [0.25, 0.3) is 0 Å². The van der Waals surface area contributed by atoms with Crippen molar-refractivity contribution in [1.82, 2.24) is 4.98 Å². The van der Waals surface area contributed by atoms with Gasteiger partial charge in [0.2, 0.25) is 5.91 Å². The van der Waals surface area contributed by atoms with Crippen LogP contribution in [-0.2, 0) is 22.4 Å². The predicted molar refractivity (Wildman–Crippen MR) is 73.9 cm³/mol. The lowest BCUT2D eigenvalue weighted by Gasteiger charge is -2.03. The van der Waals surface area contributed by atoms with Crippen molar-refractivity contribution in [2.45, 2.75) is 12.8 Å². The highest BCUT2D eigenvalue weighted by Crippen LogP contribution is 2.15. The first-order valence-electron chi connectivity index (χ1n) is 5.77. The summed E-state index contributed by atoms with van der Waals surface area (Å²) in [5.41, 5.74) is 1.03. The first-order valence-corrected chi connectivity index (χ1v) is 6.65. The Hall–Kier alpha value is -2.41. The summed E-state index contributed by atoms with van der Waals surface area (Å²) < 4.78 is 0. The van der Waals surface area contributed by atoms with Crippen LogP contribution in [-0.4, -0.2) is 27.1 Å². The zero-order valence-corrected chi connectivity index (χ0v) is 11.2. The highest BCUT2D eigenvalue weighted by atomic mass is 32.1. The number of carboxylic acids is 1. The summed E-state index contributed by atoms with van der Waals surface area (Å²) >= 11 is 1.26. The van der Waals surface area contributed by atoms with Gasteiger partial charge in [0.15, 0.2) is 0 Å². The van der Waals surface area contributed by atoms with Crippen molar-refractivity contribution in [3.05, 3.63) is 40.3 Å². The molecule has 6 nitrogen and oxygen atoms in total. The molecule has 20 heavy (non-hydrogen) atoms. The average molecular weight is 292 g/mol. The molecule has 0 aliphatic heterocycles. The Morgan fingerprint density at radius 1 is 1.20 bits per heavy atom. The van der Waals surface area contributed by atoms with Crippen LogP contribution in [0.3, 0.4) is 0 Å². The molecule has 0 aliphatic carbocycles. The largest absolute Gasteiger partial charge is 0.508 e. The summed E-state index contributed by atoms with van der Waals surface area (Å²) in [5, 5.41) is 22.6. The minimum atomic E-state index is -0.949. The highest BCUT2D eigenvalue weighted by molar-refractivity contribution is 7.09. The predicted octanol–water partition coefficient (Wildman–Crippen LogP) is 1.66. The number of phenolic OH excluding ortho intramolecular Hbond substituents is 1. The smallest absolute Gasteiger partial charge is 0.309 e. The van der Waals surface area contributed by atoms with E-state index in [-0.39, 0.29) is 24.5 Å². The zero-order valence-electron chi connectivity index (χ0n) is 10.4. The monoisotopic (exact) mass is 292 g/mol. The van der Waals surface area contributed by atoms with E-state index in [0.29, 0.717) is 16.4 Å². The van der Waals surface area contributed by atoms with Crippen molar-refractivity contribution in [2.24, 2.45) is 0 Å². The van der Waals surface area contributed by atoms with Crippen LogP contribution in [0, 0.1) is 0 Å². The van der Waals surface area contributed by atoms with Gasteiger partial charge in [0.05, 0.1) is 18.5 Å². The molecular weight excluding hydrogens is 280 g/mol. The number of nitrogens with zero attached hydrogens (tertiary/aromatic N) is 1. The van der Waals surface area contributed by atoms with Gasteiger partial charge in [-0.2, -0.15) is 0 Å². The Labute approximate surface area is 118 Å². The Kier molecular flexibility index (Phi) is 4.31. The lowest BCUT2D eigenvalue weighted by atomic mass is 10.3.